The molecule has 1 fully saturated rings. The van der Waals surface area contributed by atoms with E-state index in [1.807, 2.05) is 71.0 Å². The fourth-order valence-electron chi connectivity index (χ4n) is 5.05. The van der Waals surface area contributed by atoms with Crippen molar-refractivity contribution in [1.82, 2.24) is 10.3 Å². The molecule has 0 bridgehead atoms. The number of nitrogens with one attached hydrogen (secondary N) is 2. The molecule has 0 radical (unpaired) electrons. The molecule has 4 N–H and O–H groups in total. The average molecular weight is 527 g/mol. The number of nitrogens with zero attached hydrogens (tertiary/aromatic N) is 1. The molecular formula is C33H42N4O2. The topological polar surface area (TPSA) is 97.1 Å². The second kappa shape index (κ2) is 11.7. The number of pyridine rings is 1. The predicted molar refractivity (Wildman–Crippen MR) is 159 cm³/mol. The molecule has 2 aromatic carbocycles. The van der Waals surface area contributed by atoms with E-state index in [-0.39, 0.29) is 23.3 Å². The Kier molecular flexibility index (Phi) is 8.55. The van der Waals surface area contributed by atoms with E-state index in [9.17, 15) is 9.59 Å². The van der Waals surface area contributed by atoms with E-state index in [0.29, 0.717) is 18.0 Å². The number of hydrogen-bond donors (Lipinski definition) is 3. The first-order valence-corrected chi connectivity index (χ1v) is 14.0. The van der Waals surface area contributed by atoms with Crippen molar-refractivity contribution in [3.05, 3.63) is 72.4 Å². The number of nitrogens with two attached hydrogens (primary N) is 1. The lowest BCUT2D eigenvalue weighted by Crippen LogP contribution is -2.43. The normalized spacial score (nSPS) is 17.9. The van der Waals surface area contributed by atoms with Crippen LogP contribution < -0.4 is 16.4 Å². The Morgan fingerprint density at radius 3 is 2.13 bits per heavy atom. The first-order valence-electron chi connectivity index (χ1n) is 14.0. The van der Waals surface area contributed by atoms with Crippen LogP contribution >= 0.6 is 0 Å². The molecule has 1 aliphatic carbocycles. The highest BCUT2D eigenvalue weighted by molar-refractivity contribution is 5.93. The molecule has 39 heavy (non-hydrogen) atoms. The quantitative estimate of drug-likeness (QED) is 0.321. The largest absolute Gasteiger partial charge is 0.353 e. The van der Waals surface area contributed by atoms with Crippen molar-refractivity contribution in [3.8, 4) is 22.4 Å². The number of aromatic nitrogens is 1. The summed E-state index contributed by atoms with van der Waals surface area (Å²) in [6, 6.07) is 20.5. The van der Waals surface area contributed by atoms with Crippen LogP contribution in [-0.2, 0) is 15.1 Å². The van der Waals surface area contributed by atoms with Gasteiger partial charge in [-0.15, -0.1) is 0 Å². The van der Waals surface area contributed by atoms with Crippen molar-refractivity contribution in [2.45, 2.75) is 78.3 Å². The van der Waals surface area contributed by atoms with Crippen molar-refractivity contribution >= 4 is 17.5 Å². The van der Waals surface area contributed by atoms with E-state index in [2.05, 4.69) is 34.9 Å². The van der Waals surface area contributed by atoms with Gasteiger partial charge in [0.05, 0.1) is 17.6 Å². The molecule has 1 heterocycles. The maximum absolute atomic E-state index is 13.0. The van der Waals surface area contributed by atoms with E-state index in [4.69, 9.17) is 10.7 Å². The highest BCUT2D eigenvalue weighted by Gasteiger charge is 2.28. The van der Waals surface area contributed by atoms with Crippen LogP contribution in [-0.4, -0.2) is 22.8 Å². The third-order valence-electron chi connectivity index (χ3n) is 7.50. The standard InChI is InChI=1S/C33H42N4O2/c1-32(2,3)31(39)37-26-17-11-22(12-18-26)19-29(38)36-27-20-28(23-9-7-6-8-10-23)30(35-21-27)24-13-15-25(16-14-24)33(4,5)34/h6-10,13-16,20-22,26H,11-12,17-19,34H2,1-5H3,(H,36,38)(H,37,39). The van der Waals surface area contributed by atoms with Gasteiger partial charge in [0.25, 0.3) is 0 Å². The molecule has 206 valence electrons. The van der Waals surface area contributed by atoms with Crippen molar-refractivity contribution in [2.24, 2.45) is 17.1 Å². The molecule has 0 atom stereocenters. The summed E-state index contributed by atoms with van der Waals surface area (Å²) in [4.78, 5) is 30.1. The van der Waals surface area contributed by atoms with Crippen LogP contribution in [0, 0.1) is 11.3 Å². The molecule has 6 nitrogen and oxygen atoms in total. The number of carbonyl (C=O) groups is 2. The van der Waals surface area contributed by atoms with Gasteiger partial charge in [-0.1, -0.05) is 75.4 Å². The minimum atomic E-state index is -0.415. The number of hydrogen-bond acceptors (Lipinski definition) is 4. The molecule has 0 aliphatic heterocycles. The van der Waals surface area contributed by atoms with Gasteiger partial charge < -0.3 is 16.4 Å². The van der Waals surface area contributed by atoms with Crippen LogP contribution in [0.3, 0.4) is 0 Å². The molecule has 2 amide bonds. The second-order valence-electron chi connectivity index (χ2n) is 12.5. The molecule has 0 spiro atoms. The predicted octanol–water partition coefficient (Wildman–Crippen LogP) is 6.66. The van der Waals surface area contributed by atoms with Crippen molar-refractivity contribution in [1.29, 1.82) is 0 Å². The third kappa shape index (κ3) is 7.54. The smallest absolute Gasteiger partial charge is 0.225 e. The van der Waals surface area contributed by atoms with Gasteiger partial charge >= 0.3 is 0 Å². The first kappa shape index (κ1) is 28.5. The van der Waals surface area contributed by atoms with Crippen molar-refractivity contribution < 1.29 is 9.59 Å². The van der Waals surface area contributed by atoms with E-state index in [1.54, 1.807) is 6.20 Å². The second-order valence-corrected chi connectivity index (χ2v) is 12.5. The van der Waals surface area contributed by atoms with Crippen LogP contribution in [0.5, 0.6) is 0 Å². The average Bonchev–Trinajstić information content (AvgIpc) is 2.89. The van der Waals surface area contributed by atoms with Gasteiger partial charge in [0.15, 0.2) is 0 Å². The van der Waals surface area contributed by atoms with E-state index in [0.717, 1.165) is 53.6 Å². The van der Waals surface area contributed by atoms with Crippen molar-refractivity contribution in [2.75, 3.05) is 5.32 Å². The molecule has 0 unspecified atom stereocenters. The van der Waals surface area contributed by atoms with E-state index < -0.39 is 5.54 Å². The Morgan fingerprint density at radius 1 is 0.897 bits per heavy atom. The summed E-state index contributed by atoms with van der Waals surface area (Å²) in [7, 11) is 0. The summed E-state index contributed by atoms with van der Waals surface area (Å²) in [6.45, 7) is 9.77. The van der Waals surface area contributed by atoms with Gasteiger partial charge in [0, 0.05) is 34.5 Å². The molecule has 4 rings (SSSR count). The van der Waals surface area contributed by atoms with Gasteiger partial charge in [0.2, 0.25) is 11.8 Å². The van der Waals surface area contributed by atoms with Crippen LogP contribution in [0.1, 0.15) is 72.3 Å². The van der Waals surface area contributed by atoms with Gasteiger partial charge in [-0.05, 0) is 62.6 Å². The zero-order valence-electron chi connectivity index (χ0n) is 23.9. The summed E-state index contributed by atoms with van der Waals surface area (Å²) < 4.78 is 0. The molecule has 1 saturated carbocycles. The number of benzene rings is 2. The summed E-state index contributed by atoms with van der Waals surface area (Å²) in [5.41, 5.74) is 11.1. The summed E-state index contributed by atoms with van der Waals surface area (Å²) in [6.07, 6.45) is 5.90. The molecule has 6 heteroatoms. The lowest BCUT2D eigenvalue weighted by atomic mass is 9.83. The fourth-order valence-corrected chi connectivity index (χ4v) is 5.05. The molecule has 3 aromatic rings. The number of carbonyl (C=O) groups excluding carboxylic acids is 2. The first-order chi connectivity index (χ1) is 18.4. The zero-order valence-corrected chi connectivity index (χ0v) is 23.9. The SMILES string of the molecule is CC(C)(C)C(=O)NC1CCC(CC(=O)Nc2cnc(-c3ccc(C(C)(C)N)cc3)c(-c3ccccc3)c2)CC1. The Hall–Kier alpha value is -3.51. The monoisotopic (exact) mass is 526 g/mol. The van der Waals surface area contributed by atoms with Crippen LogP contribution in [0.2, 0.25) is 0 Å². The molecule has 0 saturated heterocycles. The molecule has 1 aromatic heterocycles. The summed E-state index contributed by atoms with van der Waals surface area (Å²) >= 11 is 0. The molecule has 1 aliphatic rings. The fraction of sp³-hybridized carbons (Fsp3) is 0.424. The van der Waals surface area contributed by atoms with E-state index in [1.165, 1.54) is 0 Å². The third-order valence-corrected chi connectivity index (χ3v) is 7.50. The number of amides is 2. The van der Waals surface area contributed by atoms with Gasteiger partial charge in [-0.3, -0.25) is 14.6 Å². The minimum Gasteiger partial charge on any atom is -0.353 e. The Labute approximate surface area is 232 Å². The Morgan fingerprint density at radius 2 is 1.54 bits per heavy atom. The number of rotatable bonds is 7. The summed E-state index contributed by atoms with van der Waals surface area (Å²) in [5.74, 6) is 0.409. The van der Waals surface area contributed by atoms with E-state index >= 15 is 0 Å². The van der Waals surface area contributed by atoms with Crippen LogP contribution in [0.25, 0.3) is 22.4 Å². The maximum Gasteiger partial charge on any atom is 0.225 e. The lowest BCUT2D eigenvalue weighted by molar-refractivity contribution is -0.129. The number of anilines is 1. The maximum atomic E-state index is 13.0. The highest BCUT2D eigenvalue weighted by atomic mass is 16.2. The lowest BCUT2D eigenvalue weighted by Gasteiger charge is -2.31. The highest BCUT2D eigenvalue weighted by Crippen LogP contribution is 2.34. The Bertz CT molecular complexity index is 1280. The summed E-state index contributed by atoms with van der Waals surface area (Å²) in [5, 5.41) is 6.25. The van der Waals surface area contributed by atoms with Gasteiger partial charge in [0.1, 0.15) is 0 Å². The van der Waals surface area contributed by atoms with Crippen LogP contribution in [0.15, 0.2) is 66.9 Å². The zero-order chi connectivity index (χ0) is 28.2. The van der Waals surface area contributed by atoms with Crippen molar-refractivity contribution in [3.63, 3.8) is 0 Å². The van der Waals surface area contributed by atoms with Gasteiger partial charge in [-0.25, -0.2) is 0 Å². The van der Waals surface area contributed by atoms with Gasteiger partial charge in [-0.2, -0.15) is 0 Å². The Balaban J connectivity index is 1.44. The molecular weight excluding hydrogens is 484 g/mol. The van der Waals surface area contributed by atoms with Crippen LogP contribution in [0.4, 0.5) is 5.69 Å². The minimum absolute atomic E-state index is 0.000249.